The highest BCUT2D eigenvalue weighted by atomic mass is 35.5. The Morgan fingerprint density at radius 2 is 1.85 bits per heavy atom. The minimum absolute atomic E-state index is 0.537. The van der Waals surface area contributed by atoms with Gasteiger partial charge in [0, 0.05) is 31.0 Å². The number of imidazole rings is 1. The molecule has 4 nitrogen and oxygen atoms in total. The monoisotopic (exact) mass is 296 g/mol. The summed E-state index contributed by atoms with van der Waals surface area (Å²) in [5, 5.41) is 0. The van der Waals surface area contributed by atoms with Gasteiger partial charge in [-0.2, -0.15) is 0 Å². The largest absolute Gasteiger partial charge is 0.493 e. The van der Waals surface area contributed by atoms with E-state index in [1.807, 2.05) is 12.1 Å². The number of hydrogen-bond donors (Lipinski definition) is 0. The first-order valence-corrected chi connectivity index (χ1v) is 7.31. The number of hydrogen-bond acceptors (Lipinski definition) is 3. The molecule has 0 atom stereocenters. The Kier molecular flexibility index (Phi) is 4.76. The lowest BCUT2D eigenvalue weighted by atomic mass is 10.2. The fourth-order valence-electron chi connectivity index (χ4n) is 2.35. The van der Waals surface area contributed by atoms with Crippen LogP contribution < -0.4 is 9.47 Å². The molecule has 0 unspecified atom stereocenters. The normalized spacial score (nSPS) is 11.3. The lowest BCUT2D eigenvalue weighted by molar-refractivity contribution is 0.355. The average molecular weight is 297 g/mol. The number of fused-ring (bicyclic) bond motifs is 1. The predicted octanol–water partition coefficient (Wildman–Crippen LogP) is 3.49. The number of aromatic nitrogens is 2. The van der Waals surface area contributed by atoms with Gasteiger partial charge in [0.25, 0.3) is 0 Å². The van der Waals surface area contributed by atoms with Gasteiger partial charge in [0.2, 0.25) is 0 Å². The van der Waals surface area contributed by atoms with E-state index in [1.54, 1.807) is 14.2 Å². The van der Waals surface area contributed by atoms with Gasteiger partial charge >= 0.3 is 0 Å². The molecule has 0 saturated carbocycles. The third kappa shape index (κ3) is 2.85. The van der Waals surface area contributed by atoms with Crippen molar-refractivity contribution in [3.63, 3.8) is 0 Å². The molecule has 0 amide bonds. The van der Waals surface area contributed by atoms with Gasteiger partial charge in [0.05, 0.1) is 25.3 Å². The van der Waals surface area contributed by atoms with Crippen LogP contribution in [0, 0.1) is 5.92 Å². The summed E-state index contributed by atoms with van der Waals surface area (Å²) in [7, 11) is 3.28. The summed E-state index contributed by atoms with van der Waals surface area (Å²) >= 11 is 5.89. The SMILES string of the molecule is COc1cc2nc(CCCl)n(CC(C)C)c2cc1OC. The quantitative estimate of drug-likeness (QED) is 0.766. The van der Waals surface area contributed by atoms with Crippen LogP contribution in [0.3, 0.4) is 0 Å². The number of ether oxygens (including phenoxy) is 2. The molecule has 1 aromatic carbocycles. The van der Waals surface area contributed by atoms with E-state index < -0.39 is 0 Å². The number of aryl methyl sites for hydroxylation is 1. The van der Waals surface area contributed by atoms with E-state index in [4.69, 9.17) is 21.1 Å². The molecule has 0 aliphatic heterocycles. The fraction of sp³-hybridized carbons (Fsp3) is 0.533. The van der Waals surface area contributed by atoms with Crippen LogP contribution in [0.1, 0.15) is 19.7 Å². The smallest absolute Gasteiger partial charge is 0.163 e. The topological polar surface area (TPSA) is 36.3 Å². The molecule has 0 fully saturated rings. The predicted molar refractivity (Wildman–Crippen MR) is 82.1 cm³/mol. The van der Waals surface area contributed by atoms with Crippen LogP contribution in [-0.2, 0) is 13.0 Å². The lowest BCUT2D eigenvalue weighted by Crippen LogP contribution is -2.09. The van der Waals surface area contributed by atoms with Crippen LogP contribution in [0.4, 0.5) is 0 Å². The summed E-state index contributed by atoms with van der Waals surface area (Å²) < 4.78 is 12.9. The molecule has 0 saturated heterocycles. The second-order valence-electron chi connectivity index (χ2n) is 5.17. The molecule has 0 spiro atoms. The van der Waals surface area contributed by atoms with E-state index in [1.165, 1.54) is 0 Å². The van der Waals surface area contributed by atoms with Crippen molar-refractivity contribution in [3.8, 4) is 11.5 Å². The van der Waals surface area contributed by atoms with Crippen molar-refractivity contribution in [2.75, 3.05) is 20.1 Å². The second-order valence-corrected chi connectivity index (χ2v) is 5.55. The molecule has 0 radical (unpaired) electrons. The van der Waals surface area contributed by atoms with Crippen LogP contribution in [0.5, 0.6) is 11.5 Å². The second kappa shape index (κ2) is 6.35. The van der Waals surface area contributed by atoms with Crippen LogP contribution in [0.2, 0.25) is 0 Å². The summed E-state index contributed by atoms with van der Waals surface area (Å²) in [6.45, 7) is 5.30. The molecule has 2 rings (SSSR count). The van der Waals surface area contributed by atoms with E-state index in [2.05, 4.69) is 23.4 Å². The lowest BCUT2D eigenvalue weighted by Gasteiger charge is -2.12. The highest BCUT2D eigenvalue weighted by Crippen LogP contribution is 2.32. The zero-order valence-electron chi connectivity index (χ0n) is 12.4. The van der Waals surface area contributed by atoms with E-state index >= 15 is 0 Å². The van der Waals surface area contributed by atoms with Gasteiger partial charge in [-0.05, 0) is 5.92 Å². The van der Waals surface area contributed by atoms with Crippen LogP contribution in [-0.4, -0.2) is 29.7 Å². The summed E-state index contributed by atoms with van der Waals surface area (Å²) in [6, 6.07) is 3.91. The summed E-state index contributed by atoms with van der Waals surface area (Å²) in [4.78, 5) is 4.68. The number of alkyl halides is 1. The van der Waals surface area contributed by atoms with Gasteiger partial charge in [-0.25, -0.2) is 4.98 Å². The number of nitrogens with zero attached hydrogens (tertiary/aromatic N) is 2. The summed E-state index contributed by atoms with van der Waals surface area (Å²) in [5.74, 6) is 3.54. The van der Waals surface area contributed by atoms with Gasteiger partial charge in [0.1, 0.15) is 5.82 Å². The number of benzene rings is 1. The van der Waals surface area contributed by atoms with Gasteiger partial charge < -0.3 is 14.0 Å². The van der Waals surface area contributed by atoms with E-state index in [-0.39, 0.29) is 0 Å². The number of rotatable bonds is 6. The van der Waals surface area contributed by atoms with Crippen LogP contribution in [0.25, 0.3) is 11.0 Å². The Morgan fingerprint density at radius 3 is 2.40 bits per heavy atom. The van der Waals surface area contributed by atoms with Crippen molar-refractivity contribution < 1.29 is 9.47 Å². The molecule has 1 aromatic heterocycles. The van der Waals surface area contributed by atoms with Gasteiger partial charge in [0.15, 0.2) is 11.5 Å². The van der Waals surface area contributed by atoms with Gasteiger partial charge in [-0.3, -0.25) is 0 Å². The Morgan fingerprint density at radius 1 is 1.20 bits per heavy atom. The average Bonchev–Trinajstić information content (AvgIpc) is 2.74. The Hall–Kier alpha value is -1.42. The first-order chi connectivity index (χ1) is 9.60. The highest BCUT2D eigenvalue weighted by molar-refractivity contribution is 6.17. The van der Waals surface area contributed by atoms with E-state index in [9.17, 15) is 0 Å². The van der Waals surface area contributed by atoms with Crippen LogP contribution >= 0.6 is 11.6 Å². The maximum atomic E-state index is 5.89. The maximum absolute atomic E-state index is 5.89. The summed E-state index contributed by atoms with van der Waals surface area (Å²) in [5.41, 5.74) is 1.99. The summed E-state index contributed by atoms with van der Waals surface area (Å²) in [6.07, 6.45) is 0.758. The third-order valence-corrected chi connectivity index (χ3v) is 3.39. The first kappa shape index (κ1) is 15.0. The Balaban J connectivity index is 2.61. The zero-order chi connectivity index (χ0) is 14.7. The Labute approximate surface area is 124 Å². The van der Waals surface area contributed by atoms with Crippen molar-refractivity contribution in [2.24, 2.45) is 5.92 Å². The number of methoxy groups -OCH3 is 2. The minimum atomic E-state index is 0.537. The first-order valence-electron chi connectivity index (χ1n) is 6.77. The van der Waals surface area contributed by atoms with E-state index in [0.717, 1.165) is 35.6 Å². The molecule has 1 heterocycles. The van der Waals surface area contributed by atoms with Crippen molar-refractivity contribution in [2.45, 2.75) is 26.8 Å². The molecular weight excluding hydrogens is 276 g/mol. The minimum Gasteiger partial charge on any atom is -0.493 e. The standard InChI is InChI=1S/C15H21ClN2O2/c1-10(2)9-18-12-8-14(20-4)13(19-3)7-11(12)17-15(18)5-6-16/h7-8,10H,5-6,9H2,1-4H3. The third-order valence-electron chi connectivity index (χ3n) is 3.20. The van der Waals surface area contributed by atoms with Crippen molar-refractivity contribution in [3.05, 3.63) is 18.0 Å². The maximum Gasteiger partial charge on any atom is 0.163 e. The van der Waals surface area contributed by atoms with Gasteiger partial charge in [-0.15, -0.1) is 11.6 Å². The Bertz CT molecular complexity index is 593. The highest BCUT2D eigenvalue weighted by Gasteiger charge is 2.15. The molecule has 0 N–H and O–H groups in total. The molecule has 0 aliphatic rings. The molecule has 0 bridgehead atoms. The fourth-order valence-corrected chi connectivity index (χ4v) is 2.51. The van der Waals surface area contributed by atoms with Gasteiger partial charge in [-0.1, -0.05) is 13.8 Å². The van der Waals surface area contributed by atoms with Crippen LogP contribution in [0.15, 0.2) is 12.1 Å². The number of halogens is 1. The zero-order valence-corrected chi connectivity index (χ0v) is 13.2. The molecule has 0 aliphatic carbocycles. The van der Waals surface area contributed by atoms with Crippen molar-refractivity contribution >= 4 is 22.6 Å². The van der Waals surface area contributed by atoms with E-state index in [0.29, 0.717) is 17.5 Å². The van der Waals surface area contributed by atoms with Crippen molar-refractivity contribution in [1.29, 1.82) is 0 Å². The molecular formula is C15H21ClN2O2. The molecule has 110 valence electrons. The molecule has 2 aromatic rings. The molecule has 20 heavy (non-hydrogen) atoms. The van der Waals surface area contributed by atoms with Crippen molar-refractivity contribution in [1.82, 2.24) is 9.55 Å². The molecule has 5 heteroatoms.